The van der Waals surface area contributed by atoms with E-state index in [9.17, 15) is 25.9 Å². The van der Waals surface area contributed by atoms with Gasteiger partial charge in [-0.15, -0.1) is 11.3 Å². The molecule has 5 rings (SSSR count). The van der Waals surface area contributed by atoms with Crippen molar-refractivity contribution >= 4 is 47.5 Å². The Morgan fingerprint density at radius 2 is 1.64 bits per heavy atom. The molecule has 0 radical (unpaired) electrons. The highest BCUT2D eigenvalue weighted by atomic mass is 32.2. The van der Waals surface area contributed by atoms with Crippen LogP contribution in [0, 0.1) is 0 Å². The van der Waals surface area contributed by atoms with E-state index in [0.29, 0.717) is 30.9 Å². The third-order valence-electron chi connectivity index (χ3n) is 6.99. The van der Waals surface area contributed by atoms with Crippen LogP contribution in [-0.2, 0) is 26.8 Å². The number of fused-ring (bicyclic) bond motifs is 2. The summed E-state index contributed by atoms with van der Waals surface area (Å²) in [6.07, 6.45) is 0. The third kappa shape index (κ3) is 6.37. The van der Waals surface area contributed by atoms with Crippen molar-refractivity contribution in [2.45, 2.75) is 30.7 Å². The Hall–Kier alpha value is -3.68. The molecular weight excluding hydrogens is 595 g/mol. The maximum atomic E-state index is 12.5. The summed E-state index contributed by atoms with van der Waals surface area (Å²) in [7, 11) is -8.76. The number of hydrogen-bond donors (Lipinski definition) is 2. The lowest BCUT2D eigenvalue weighted by Crippen LogP contribution is -2.34. The van der Waals surface area contributed by atoms with E-state index < -0.39 is 25.6 Å². The molecule has 218 valence electrons. The predicted octanol–water partition coefficient (Wildman–Crippen LogP) is 5.05. The van der Waals surface area contributed by atoms with E-state index in [4.69, 9.17) is 4.98 Å². The van der Waals surface area contributed by atoms with Crippen LogP contribution in [0.4, 0.5) is 5.69 Å². The maximum absolute atomic E-state index is 12.5. The van der Waals surface area contributed by atoms with Gasteiger partial charge in [0, 0.05) is 29.9 Å². The van der Waals surface area contributed by atoms with Gasteiger partial charge in [-0.05, 0) is 55.8 Å². The highest BCUT2D eigenvalue weighted by Crippen LogP contribution is 2.36. The quantitative estimate of drug-likeness (QED) is 0.132. The minimum atomic E-state index is -4.46. The van der Waals surface area contributed by atoms with E-state index in [2.05, 4.69) is 4.58 Å². The second-order valence-electron chi connectivity index (χ2n) is 9.72. The first-order chi connectivity index (χ1) is 20.0. The number of hydrogen-bond acceptors (Lipinski definition) is 7. The first-order valence-corrected chi connectivity index (χ1v) is 17.0. The SMILES string of the molecule is CCN(c1ccc2nc3ccc(=[N+](CC)Cc4cccc(S(=O)(=O)O)c4)cc-3sc2c1)C(c1ccccc1)S(=O)(=O)O. The molecule has 1 atom stereocenters. The molecule has 0 spiro atoms. The zero-order valence-electron chi connectivity index (χ0n) is 23.0. The van der Waals surface area contributed by atoms with Gasteiger partial charge in [-0.1, -0.05) is 42.5 Å². The monoisotopic (exact) mass is 624 g/mol. The first-order valence-electron chi connectivity index (χ1n) is 13.2. The van der Waals surface area contributed by atoms with Crippen LogP contribution in [0.25, 0.3) is 20.8 Å². The molecule has 0 saturated heterocycles. The van der Waals surface area contributed by atoms with Crippen LogP contribution in [0.1, 0.15) is 30.3 Å². The van der Waals surface area contributed by atoms with Crippen molar-refractivity contribution in [1.82, 2.24) is 9.56 Å². The molecule has 1 aliphatic heterocycles. The summed E-state index contributed by atoms with van der Waals surface area (Å²) >= 11 is 1.52. The van der Waals surface area contributed by atoms with Crippen molar-refractivity contribution in [2.75, 3.05) is 18.0 Å². The maximum Gasteiger partial charge on any atom is 0.294 e. The number of aromatic nitrogens is 1. The van der Waals surface area contributed by atoms with E-state index in [1.54, 1.807) is 41.3 Å². The van der Waals surface area contributed by atoms with Gasteiger partial charge >= 0.3 is 0 Å². The average Bonchev–Trinajstić information content (AvgIpc) is 2.96. The molecule has 42 heavy (non-hydrogen) atoms. The second-order valence-corrected chi connectivity index (χ2v) is 13.7. The molecule has 0 saturated carbocycles. The molecule has 1 aliphatic carbocycles. The van der Waals surface area contributed by atoms with Gasteiger partial charge in [0.05, 0.1) is 25.7 Å². The molecule has 0 aromatic heterocycles. The minimum Gasteiger partial charge on any atom is -0.350 e. The fourth-order valence-electron chi connectivity index (χ4n) is 5.00. The van der Waals surface area contributed by atoms with Crippen molar-refractivity contribution in [3.05, 3.63) is 107 Å². The Balaban J connectivity index is 1.58. The summed E-state index contributed by atoms with van der Waals surface area (Å²) < 4.78 is 70.8. The zero-order valence-corrected chi connectivity index (χ0v) is 25.4. The average molecular weight is 625 g/mol. The van der Waals surface area contributed by atoms with Crippen LogP contribution >= 0.6 is 11.3 Å². The van der Waals surface area contributed by atoms with Crippen LogP contribution in [0.15, 0.2) is 95.9 Å². The predicted molar refractivity (Wildman–Crippen MR) is 166 cm³/mol. The summed E-state index contributed by atoms with van der Waals surface area (Å²) in [6.45, 7) is 5.26. The summed E-state index contributed by atoms with van der Waals surface area (Å²) in [4.78, 5) is 7.24. The van der Waals surface area contributed by atoms with Crippen molar-refractivity contribution in [3.63, 3.8) is 0 Å². The summed E-state index contributed by atoms with van der Waals surface area (Å²) in [6, 6.07) is 26.4. The molecule has 1 heterocycles. The molecule has 12 heteroatoms. The molecular formula is C30H30N3O6S3+. The van der Waals surface area contributed by atoms with Crippen LogP contribution in [0.5, 0.6) is 0 Å². The number of nitrogens with zero attached hydrogens (tertiary/aromatic N) is 3. The molecule has 3 aromatic carbocycles. The molecule has 0 amide bonds. The van der Waals surface area contributed by atoms with Crippen LogP contribution in [0.2, 0.25) is 0 Å². The van der Waals surface area contributed by atoms with Crippen molar-refractivity contribution in [2.24, 2.45) is 0 Å². The second kappa shape index (κ2) is 11.9. The first kappa shape index (κ1) is 29.8. The summed E-state index contributed by atoms with van der Waals surface area (Å²) in [5.41, 5.74) is 3.41. The third-order valence-corrected chi connectivity index (χ3v) is 10.0. The van der Waals surface area contributed by atoms with Crippen molar-refractivity contribution in [1.29, 1.82) is 0 Å². The largest absolute Gasteiger partial charge is 0.350 e. The van der Waals surface area contributed by atoms with Gasteiger partial charge in [0.2, 0.25) is 5.36 Å². The van der Waals surface area contributed by atoms with E-state index in [1.807, 2.05) is 56.3 Å². The highest BCUT2D eigenvalue weighted by molar-refractivity contribution is 7.86. The number of anilines is 1. The van der Waals surface area contributed by atoms with Crippen molar-refractivity contribution in [3.8, 4) is 10.6 Å². The molecule has 3 aromatic rings. The van der Waals surface area contributed by atoms with Crippen molar-refractivity contribution < 1.29 is 25.9 Å². The van der Waals surface area contributed by atoms with Crippen LogP contribution < -0.4 is 14.8 Å². The molecule has 2 aliphatic rings. The van der Waals surface area contributed by atoms with Gasteiger partial charge in [0.25, 0.3) is 20.2 Å². The smallest absolute Gasteiger partial charge is 0.294 e. The summed E-state index contributed by atoms with van der Waals surface area (Å²) in [5.74, 6) is 0. The van der Waals surface area contributed by atoms with Gasteiger partial charge in [0.1, 0.15) is 6.54 Å². The number of rotatable bonds is 9. The van der Waals surface area contributed by atoms with Gasteiger partial charge in [-0.25, -0.2) is 9.56 Å². The summed E-state index contributed by atoms with van der Waals surface area (Å²) in [5, 5.41) is -0.342. The van der Waals surface area contributed by atoms with Gasteiger partial charge in [-0.2, -0.15) is 16.8 Å². The van der Waals surface area contributed by atoms with E-state index in [-0.39, 0.29) is 4.90 Å². The lowest BCUT2D eigenvalue weighted by molar-refractivity contribution is 0.465. The molecule has 9 nitrogen and oxygen atoms in total. The Bertz CT molecular complexity index is 2010. The minimum absolute atomic E-state index is 0.145. The Labute approximate surface area is 248 Å². The van der Waals surface area contributed by atoms with E-state index in [0.717, 1.165) is 31.7 Å². The normalized spacial score (nSPS) is 13.7. The van der Waals surface area contributed by atoms with E-state index >= 15 is 0 Å². The molecule has 1 unspecified atom stereocenters. The molecule has 2 N–H and O–H groups in total. The van der Waals surface area contributed by atoms with Gasteiger partial charge in [-0.3, -0.25) is 9.11 Å². The lowest BCUT2D eigenvalue weighted by atomic mass is 10.2. The number of benzene rings is 4. The zero-order chi connectivity index (χ0) is 30.1. The Kier molecular flexibility index (Phi) is 8.44. The topological polar surface area (TPSA) is 128 Å². The molecule has 0 bridgehead atoms. The van der Waals surface area contributed by atoms with Crippen LogP contribution in [-0.4, -0.2) is 44.0 Å². The van der Waals surface area contributed by atoms with E-state index in [1.165, 1.54) is 23.5 Å². The van der Waals surface area contributed by atoms with Gasteiger partial charge < -0.3 is 4.90 Å². The van der Waals surface area contributed by atoms with Crippen LogP contribution in [0.3, 0.4) is 0 Å². The molecule has 0 fully saturated rings. The fourth-order valence-corrected chi connectivity index (χ4v) is 7.68. The highest BCUT2D eigenvalue weighted by Gasteiger charge is 2.31. The Morgan fingerprint density at radius 1 is 0.881 bits per heavy atom. The lowest BCUT2D eigenvalue weighted by Gasteiger charge is -2.31. The Morgan fingerprint density at radius 3 is 2.31 bits per heavy atom. The standard InChI is InChI=1S/C30H29N3O6S3/c1-3-32(20-21-9-8-12-25(17-21)41(34,35)36)23-13-15-26-28(18-23)40-29-19-24(14-16-27(29)31-26)33(4-2)30(42(37,38)39)22-10-6-5-7-11-22/h5-19,30H,3-4,20H2,1-2H3,(H-,34,35,36,37,38,39)/p+1. The van der Waals surface area contributed by atoms with Gasteiger partial charge in [0.15, 0.2) is 11.9 Å². The fraction of sp³-hybridized carbons (Fsp3) is 0.200.